The molecule has 0 atom stereocenters. The largest absolute Gasteiger partial charge is 0.350 e. The SMILES string of the molecule is CCCC(=O)Nc1ccc2c(c1)c(C)cn2C. The number of carbonyl (C=O) groups excluding carboxylic acids is 1. The highest BCUT2D eigenvalue weighted by atomic mass is 16.1. The Labute approximate surface area is 101 Å². The Morgan fingerprint density at radius 1 is 1.41 bits per heavy atom. The van der Waals surface area contributed by atoms with Gasteiger partial charge in [-0.15, -0.1) is 0 Å². The molecular weight excluding hydrogens is 212 g/mol. The Kier molecular flexibility index (Phi) is 3.18. The second kappa shape index (κ2) is 4.62. The number of hydrogen-bond acceptors (Lipinski definition) is 1. The molecule has 0 unspecified atom stereocenters. The van der Waals surface area contributed by atoms with Gasteiger partial charge < -0.3 is 9.88 Å². The molecule has 3 nitrogen and oxygen atoms in total. The molecule has 0 radical (unpaired) electrons. The molecule has 90 valence electrons. The summed E-state index contributed by atoms with van der Waals surface area (Å²) in [5.41, 5.74) is 3.30. The molecule has 1 amide bonds. The predicted molar refractivity (Wildman–Crippen MR) is 71.2 cm³/mol. The molecule has 2 rings (SSSR count). The monoisotopic (exact) mass is 230 g/mol. The fraction of sp³-hybridized carbons (Fsp3) is 0.357. The van der Waals surface area contributed by atoms with Gasteiger partial charge in [0.2, 0.25) is 5.91 Å². The molecule has 1 aromatic carbocycles. The van der Waals surface area contributed by atoms with E-state index in [-0.39, 0.29) is 5.91 Å². The van der Waals surface area contributed by atoms with Crippen molar-refractivity contribution < 1.29 is 4.79 Å². The van der Waals surface area contributed by atoms with Gasteiger partial charge in [-0.1, -0.05) is 6.92 Å². The van der Waals surface area contributed by atoms with Crippen LogP contribution in [-0.2, 0) is 11.8 Å². The molecule has 17 heavy (non-hydrogen) atoms. The van der Waals surface area contributed by atoms with E-state index in [1.807, 2.05) is 32.2 Å². The number of aromatic nitrogens is 1. The molecule has 0 saturated heterocycles. The van der Waals surface area contributed by atoms with E-state index in [2.05, 4.69) is 23.0 Å². The molecule has 3 heteroatoms. The maximum absolute atomic E-state index is 11.5. The van der Waals surface area contributed by atoms with Crippen LogP contribution in [0.25, 0.3) is 10.9 Å². The van der Waals surface area contributed by atoms with E-state index < -0.39 is 0 Å². The van der Waals surface area contributed by atoms with Crippen molar-refractivity contribution in [1.29, 1.82) is 0 Å². The molecular formula is C14H18N2O. The maximum atomic E-state index is 11.5. The van der Waals surface area contributed by atoms with E-state index in [1.165, 1.54) is 16.5 Å². The Hall–Kier alpha value is -1.77. The first kappa shape index (κ1) is 11.7. The number of carbonyl (C=O) groups is 1. The zero-order chi connectivity index (χ0) is 12.4. The van der Waals surface area contributed by atoms with Crippen LogP contribution >= 0.6 is 0 Å². The van der Waals surface area contributed by atoms with Crippen molar-refractivity contribution in [2.45, 2.75) is 26.7 Å². The van der Waals surface area contributed by atoms with E-state index in [1.54, 1.807) is 0 Å². The van der Waals surface area contributed by atoms with Gasteiger partial charge in [0.1, 0.15) is 0 Å². The third-order valence-electron chi connectivity index (χ3n) is 2.95. The highest BCUT2D eigenvalue weighted by Gasteiger charge is 2.05. The zero-order valence-corrected chi connectivity index (χ0v) is 10.6. The summed E-state index contributed by atoms with van der Waals surface area (Å²) >= 11 is 0. The van der Waals surface area contributed by atoms with Crippen molar-refractivity contribution in [1.82, 2.24) is 4.57 Å². The van der Waals surface area contributed by atoms with Gasteiger partial charge in [-0.2, -0.15) is 0 Å². The van der Waals surface area contributed by atoms with Crippen LogP contribution in [0.3, 0.4) is 0 Å². The molecule has 1 N–H and O–H groups in total. The molecule has 1 aromatic heterocycles. The molecule has 0 aliphatic carbocycles. The minimum absolute atomic E-state index is 0.0837. The molecule has 0 aliphatic rings. The third kappa shape index (κ3) is 2.33. The lowest BCUT2D eigenvalue weighted by Crippen LogP contribution is -2.10. The van der Waals surface area contributed by atoms with Crippen LogP contribution in [-0.4, -0.2) is 10.5 Å². The number of hydrogen-bond donors (Lipinski definition) is 1. The van der Waals surface area contributed by atoms with Crippen molar-refractivity contribution in [3.8, 4) is 0 Å². The first-order valence-electron chi connectivity index (χ1n) is 5.97. The predicted octanol–water partition coefficient (Wildman–Crippen LogP) is 3.23. The van der Waals surface area contributed by atoms with Gasteiger partial charge in [-0.3, -0.25) is 4.79 Å². The van der Waals surface area contributed by atoms with Gasteiger partial charge in [-0.05, 0) is 37.1 Å². The van der Waals surface area contributed by atoms with E-state index in [4.69, 9.17) is 0 Å². The standard InChI is InChI=1S/C14H18N2O/c1-4-5-14(17)15-11-6-7-13-12(8-11)10(2)9-16(13)3/h6-9H,4-5H2,1-3H3,(H,15,17). The number of aryl methyl sites for hydroxylation is 2. The molecule has 0 fully saturated rings. The van der Waals surface area contributed by atoms with Crippen molar-refractivity contribution >= 4 is 22.5 Å². The minimum atomic E-state index is 0.0837. The number of nitrogens with one attached hydrogen (secondary N) is 1. The van der Waals surface area contributed by atoms with E-state index in [0.717, 1.165) is 12.1 Å². The fourth-order valence-electron chi connectivity index (χ4n) is 2.12. The molecule has 0 saturated carbocycles. The lowest BCUT2D eigenvalue weighted by Gasteiger charge is -2.05. The number of benzene rings is 1. The molecule has 1 heterocycles. The van der Waals surface area contributed by atoms with Crippen molar-refractivity contribution in [2.24, 2.45) is 7.05 Å². The smallest absolute Gasteiger partial charge is 0.224 e. The number of amides is 1. The number of fused-ring (bicyclic) bond motifs is 1. The molecule has 2 aromatic rings. The average molecular weight is 230 g/mol. The Morgan fingerprint density at radius 3 is 2.88 bits per heavy atom. The topological polar surface area (TPSA) is 34.0 Å². The third-order valence-corrected chi connectivity index (χ3v) is 2.95. The summed E-state index contributed by atoms with van der Waals surface area (Å²) < 4.78 is 2.10. The van der Waals surface area contributed by atoms with Crippen molar-refractivity contribution in [3.63, 3.8) is 0 Å². The van der Waals surface area contributed by atoms with Crippen molar-refractivity contribution in [3.05, 3.63) is 30.0 Å². The first-order valence-corrected chi connectivity index (χ1v) is 5.97. The van der Waals surface area contributed by atoms with Crippen LogP contribution in [0.4, 0.5) is 5.69 Å². The van der Waals surface area contributed by atoms with Gasteiger partial charge in [0, 0.05) is 36.3 Å². The zero-order valence-electron chi connectivity index (χ0n) is 10.6. The van der Waals surface area contributed by atoms with Crippen LogP contribution in [0.5, 0.6) is 0 Å². The minimum Gasteiger partial charge on any atom is -0.350 e. The van der Waals surface area contributed by atoms with Gasteiger partial charge >= 0.3 is 0 Å². The number of rotatable bonds is 3. The van der Waals surface area contributed by atoms with Crippen LogP contribution in [0.15, 0.2) is 24.4 Å². The van der Waals surface area contributed by atoms with Crippen LogP contribution in [0.2, 0.25) is 0 Å². The second-order valence-electron chi connectivity index (χ2n) is 4.45. The highest BCUT2D eigenvalue weighted by molar-refractivity contribution is 5.94. The first-order chi connectivity index (χ1) is 8.11. The maximum Gasteiger partial charge on any atom is 0.224 e. The van der Waals surface area contributed by atoms with Gasteiger partial charge in [-0.25, -0.2) is 0 Å². The van der Waals surface area contributed by atoms with E-state index in [9.17, 15) is 4.79 Å². The normalized spacial score (nSPS) is 10.8. The summed E-state index contributed by atoms with van der Waals surface area (Å²) in [6, 6.07) is 6.04. The fourth-order valence-corrected chi connectivity index (χ4v) is 2.12. The van der Waals surface area contributed by atoms with Gasteiger partial charge in [0.05, 0.1) is 0 Å². The second-order valence-corrected chi connectivity index (χ2v) is 4.45. The molecule has 0 bridgehead atoms. The Bertz CT molecular complexity index is 555. The van der Waals surface area contributed by atoms with Crippen molar-refractivity contribution in [2.75, 3.05) is 5.32 Å². The molecule has 0 spiro atoms. The quantitative estimate of drug-likeness (QED) is 0.863. The van der Waals surface area contributed by atoms with Crippen LogP contribution in [0, 0.1) is 6.92 Å². The van der Waals surface area contributed by atoms with Gasteiger partial charge in [0.15, 0.2) is 0 Å². The Morgan fingerprint density at radius 2 is 2.18 bits per heavy atom. The summed E-state index contributed by atoms with van der Waals surface area (Å²) in [5, 5.41) is 4.12. The van der Waals surface area contributed by atoms with Gasteiger partial charge in [0.25, 0.3) is 0 Å². The van der Waals surface area contributed by atoms with Crippen LogP contribution in [0.1, 0.15) is 25.3 Å². The van der Waals surface area contributed by atoms with E-state index in [0.29, 0.717) is 6.42 Å². The van der Waals surface area contributed by atoms with Crippen LogP contribution < -0.4 is 5.32 Å². The number of anilines is 1. The summed E-state index contributed by atoms with van der Waals surface area (Å²) in [6.07, 6.45) is 3.55. The molecule has 0 aliphatic heterocycles. The summed E-state index contributed by atoms with van der Waals surface area (Å²) in [5.74, 6) is 0.0837. The summed E-state index contributed by atoms with van der Waals surface area (Å²) in [6.45, 7) is 4.09. The summed E-state index contributed by atoms with van der Waals surface area (Å²) in [4.78, 5) is 11.5. The lowest BCUT2D eigenvalue weighted by molar-refractivity contribution is -0.116. The number of nitrogens with zero attached hydrogens (tertiary/aromatic N) is 1. The lowest BCUT2D eigenvalue weighted by atomic mass is 10.1. The Balaban J connectivity index is 2.31. The summed E-state index contributed by atoms with van der Waals surface area (Å²) in [7, 11) is 2.03. The van der Waals surface area contributed by atoms with E-state index >= 15 is 0 Å². The average Bonchev–Trinajstić information content (AvgIpc) is 2.55. The highest BCUT2D eigenvalue weighted by Crippen LogP contribution is 2.23.